The fraction of sp³-hybridized carbons (Fsp3) is 0.286. The second-order valence-electron chi connectivity index (χ2n) is 4.39. The molecule has 2 aromatic rings. The van der Waals surface area contributed by atoms with Gasteiger partial charge in [-0.1, -0.05) is 6.92 Å². The molecule has 2 rings (SSSR count). The van der Waals surface area contributed by atoms with Crippen LogP contribution in [0.1, 0.15) is 19.0 Å². The highest BCUT2D eigenvalue weighted by Gasteiger charge is 2.07. The van der Waals surface area contributed by atoms with E-state index >= 15 is 0 Å². The summed E-state index contributed by atoms with van der Waals surface area (Å²) in [5, 5.41) is 5.89. The fourth-order valence-corrected chi connectivity index (χ4v) is 1.68. The molecule has 0 aliphatic rings. The van der Waals surface area contributed by atoms with Crippen LogP contribution >= 0.6 is 0 Å². The Labute approximate surface area is 116 Å². The predicted molar refractivity (Wildman–Crippen MR) is 75.2 cm³/mol. The Bertz CT molecular complexity index is 602. The Balaban J connectivity index is 2.21. The normalized spacial score (nSPS) is 10.4. The molecule has 0 aliphatic heterocycles. The summed E-state index contributed by atoms with van der Waals surface area (Å²) >= 11 is 0. The van der Waals surface area contributed by atoms with Gasteiger partial charge in [-0.3, -0.25) is 0 Å². The second-order valence-corrected chi connectivity index (χ2v) is 4.39. The molecular formula is C14H16F2N4. The zero-order chi connectivity index (χ0) is 14.5. The first-order valence-corrected chi connectivity index (χ1v) is 6.40. The van der Waals surface area contributed by atoms with Crippen molar-refractivity contribution in [2.45, 2.75) is 20.3 Å². The third-order valence-corrected chi connectivity index (χ3v) is 2.59. The third kappa shape index (κ3) is 3.63. The lowest BCUT2D eigenvalue weighted by Gasteiger charge is -2.10. The van der Waals surface area contributed by atoms with E-state index in [0.29, 0.717) is 5.82 Å². The van der Waals surface area contributed by atoms with Crippen molar-refractivity contribution >= 4 is 17.5 Å². The van der Waals surface area contributed by atoms with Crippen molar-refractivity contribution in [1.29, 1.82) is 0 Å². The number of hydrogen-bond donors (Lipinski definition) is 2. The van der Waals surface area contributed by atoms with Crippen LogP contribution in [-0.2, 0) is 0 Å². The maximum atomic E-state index is 13.6. The van der Waals surface area contributed by atoms with Gasteiger partial charge >= 0.3 is 0 Å². The molecule has 0 amide bonds. The molecule has 0 bridgehead atoms. The molecular weight excluding hydrogens is 262 g/mol. The Morgan fingerprint density at radius 2 is 1.95 bits per heavy atom. The van der Waals surface area contributed by atoms with E-state index in [9.17, 15) is 8.78 Å². The number of hydrogen-bond acceptors (Lipinski definition) is 4. The summed E-state index contributed by atoms with van der Waals surface area (Å²) in [6.45, 7) is 4.67. The molecule has 0 radical (unpaired) electrons. The predicted octanol–water partition coefficient (Wildman–Crippen LogP) is 3.63. The average Bonchev–Trinajstić information content (AvgIpc) is 2.39. The quantitative estimate of drug-likeness (QED) is 0.877. The summed E-state index contributed by atoms with van der Waals surface area (Å²) in [5.41, 5.74) is 0.891. The molecule has 0 aliphatic carbocycles. The summed E-state index contributed by atoms with van der Waals surface area (Å²) < 4.78 is 26.4. The lowest BCUT2D eigenvalue weighted by atomic mass is 10.3. The zero-order valence-corrected chi connectivity index (χ0v) is 11.4. The molecule has 4 nitrogen and oxygen atoms in total. The van der Waals surface area contributed by atoms with Gasteiger partial charge in [-0.15, -0.1) is 0 Å². The number of benzene rings is 1. The van der Waals surface area contributed by atoms with Gasteiger partial charge in [-0.25, -0.2) is 13.8 Å². The van der Waals surface area contributed by atoms with Crippen molar-refractivity contribution in [3.05, 3.63) is 41.6 Å². The topological polar surface area (TPSA) is 49.8 Å². The summed E-state index contributed by atoms with van der Waals surface area (Å²) in [6.07, 6.45) is 0.971. The Kier molecular flexibility index (Phi) is 4.45. The third-order valence-electron chi connectivity index (χ3n) is 2.59. The summed E-state index contributed by atoms with van der Waals surface area (Å²) in [4.78, 5) is 8.41. The monoisotopic (exact) mass is 278 g/mol. The van der Waals surface area contributed by atoms with E-state index in [0.717, 1.165) is 24.7 Å². The minimum absolute atomic E-state index is 0.137. The van der Waals surface area contributed by atoms with Crippen LogP contribution in [0.15, 0.2) is 24.3 Å². The highest BCUT2D eigenvalue weighted by atomic mass is 19.1. The van der Waals surface area contributed by atoms with Crippen LogP contribution in [0.3, 0.4) is 0 Å². The molecule has 106 valence electrons. The van der Waals surface area contributed by atoms with Gasteiger partial charge in [0.1, 0.15) is 17.5 Å². The molecule has 1 aromatic carbocycles. The number of nitrogens with zero attached hydrogens (tertiary/aromatic N) is 2. The van der Waals surface area contributed by atoms with Gasteiger partial charge in [0.2, 0.25) is 5.95 Å². The number of halogens is 2. The van der Waals surface area contributed by atoms with Gasteiger partial charge in [-0.05, 0) is 25.5 Å². The highest BCUT2D eigenvalue weighted by Crippen LogP contribution is 2.19. The number of anilines is 3. The molecule has 0 saturated heterocycles. The van der Waals surface area contributed by atoms with Gasteiger partial charge in [0.15, 0.2) is 0 Å². The fourth-order valence-electron chi connectivity index (χ4n) is 1.68. The molecule has 20 heavy (non-hydrogen) atoms. The maximum absolute atomic E-state index is 13.6. The van der Waals surface area contributed by atoms with Crippen LogP contribution in [-0.4, -0.2) is 16.5 Å². The first-order chi connectivity index (χ1) is 9.58. The average molecular weight is 278 g/mol. The summed E-state index contributed by atoms with van der Waals surface area (Å²) in [7, 11) is 0. The molecule has 0 saturated carbocycles. The largest absolute Gasteiger partial charge is 0.370 e. The SMILES string of the molecule is CCCNc1cc(C)nc(Nc2ccc(F)cc2F)n1. The molecule has 1 aromatic heterocycles. The van der Waals surface area contributed by atoms with E-state index in [-0.39, 0.29) is 11.6 Å². The van der Waals surface area contributed by atoms with Crippen LogP contribution in [0.4, 0.5) is 26.2 Å². The van der Waals surface area contributed by atoms with Crippen molar-refractivity contribution in [3.8, 4) is 0 Å². The van der Waals surface area contributed by atoms with Crippen molar-refractivity contribution in [1.82, 2.24) is 9.97 Å². The summed E-state index contributed by atoms with van der Waals surface area (Å²) in [5.74, 6) is -0.361. The number of aromatic nitrogens is 2. The molecule has 2 N–H and O–H groups in total. The maximum Gasteiger partial charge on any atom is 0.229 e. The van der Waals surface area contributed by atoms with Crippen molar-refractivity contribution in [2.75, 3.05) is 17.2 Å². The van der Waals surface area contributed by atoms with E-state index in [4.69, 9.17) is 0 Å². The highest BCUT2D eigenvalue weighted by molar-refractivity contribution is 5.56. The van der Waals surface area contributed by atoms with Gasteiger partial charge in [0.05, 0.1) is 5.69 Å². The Morgan fingerprint density at radius 1 is 1.15 bits per heavy atom. The summed E-state index contributed by atoms with van der Waals surface area (Å²) in [6, 6.07) is 5.11. The van der Waals surface area contributed by atoms with Crippen LogP contribution in [0.25, 0.3) is 0 Å². The van der Waals surface area contributed by atoms with E-state index < -0.39 is 11.6 Å². The minimum Gasteiger partial charge on any atom is -0.370 e. The smallest absolute Gasteiger partial charge is 0.229 e. The van der Waals surface area contributed by atoms with Crippen LogP contribution in [0, 0.1) is 18.6 Å². The Hall–Kier alpha value is -2.24. The number of rotatable bonds is 5. The lowest BCUT2D eigenvalue weighted by molar-refractivity contribution is 0.586. The molecule has 6 heteroatoms. The second kappa shape index (κ2) is 6.27. The van der Waals surface area contributed by atoms with Crippen molar-refractivity contribution in [2.24, 2.45) is 0 Å². The van der Waals surface area contributed by atoms with E-state index in [1.165, 1.54) is 12.1 Å². The van der Waals surface area contributed by atoms with Crippen LogP contribution in [0.2, 0.25) is 0 Å². The van der Waals surface area contributed by atoms with Crippen molar-refractivity contribution < 1.29 is 8.78 Å². The van der Waals surface area contributed by atoms with Gasteiger partial charge in [0.25, 0.3) is 0 Å². The minimum atomic E-state index is -0.682. The number of aryl methyl sites for hydroxylation is 1. The molecule has 0 fully saturated rings. The van der Waals surface area contributed by atoms with Crippen LogP contribution in [0.5, 0.6) is 0 Å². The van der Waals surface area contributed by atoms with Crippen LogP contribution < -0.4 is 10.6 Å². The standard InChI is InChI=1S/C14H16F2N4/c1-3-6-17-13-7-9(2)18-14(20-13)19-12-5-4-10(15)8-11(12)16/h4-5,7-8H,3,6H2,1-2H3,(H2,17,18,19,20). The lowest BCUT2D eigenvalue weighted by Crippen LogP contribution is -2.06. The van der Waals surface area contributed by atoms with Gasteiger partial charge in [-0.2, -0.15) is 4.98 Å². The van der Waals surface area contributed by atoms with E-state index in [1.54, 1.807) is 0 Å². The number of nitrogens with one attached hydrogen (secondary N) is 2. The first-order valence-electron chi connectivity index (χ1n) is 6.40. The molecule has 0 spiro atoms. The zero-order valence-electron chi connectivity index (χ0n) is 11.4. The van der Waals surface area contributed by atoms with E-state index in [2.05, 4.69) is 20.6 Å². The molecule has 0 atom stereocenters. The first kappa shape index (κ1) is 14.2. The molecule has 1 heterocycles. The Morgan fingerprint density at radius 3 is 2.65 bits per heavy atom. The van der Waals surface area contributed by atoms with E-state index in [1.807, 2.05) is 19.9 Å². The molecule has 0 unspecified atom stereocenters. The van der Waals surface area contributed by atoms with Gasteiger partial charge < -0.3 is 10.6 Å². The van der Waals surface area contributed by atoms with Crippen molar-refractivity contribution in [3.63, 3.8) is 0 Å². The van der Waals surface area contributed by atoms with Gasteiger partial charge in [0, 0.05) is 24.4 Å².